The van der Waals surface area contributed by atoms with Crippen molar-refractivity contribution >= 4 is 5.69 Å². The maximum absolute atomic E-state index is 9.16. The van der Waals surface area contributed by atoms with E-state index in [2.05, 4.69) is 0 Å². The first-order valence-corrected chi connectivity index (χ1v) is 3.86. The Morgan fingerprint density at radius 1 is 1.54 bits per heavy atom. The number of phenolic OH excluding ortho intramolecular Hbond substituents is 1. The van der Waals surface area contributed by atoms with Gasteiger partial charge in [-0.3, -0.25) is 0 Å². The van der Waals surface area contributed by atoms with Gasteiger partial charge in [0.05, 0.1) is 12.5 Å². The van der Waals surface area contributed by atoms with Gasteiger partial charge in [0, 0.05) is 11.7 Å². The van der Waals surface area contributed by atoms with E-state index in [1.165, 1.54) is 12.1 Å². The van der Waals surface area contributed by atoms with Gasteiger partial charge in [0.2, 0.25) is 0 Å². The van der Waals surface area contributed by atoms with E-state index in [1.54, 1.807) is 6.07 Å². The number of benzene rings is 1. The number of nitrogen functional groups attached to an aromatic ring is 1. The van der Waals surface area contributed by atoms with Crippen molar-refractivity contribution in [1.29, 1.82) is 5.26 Å². The highest BCUT2D eigenvalue weighted by atomic mass is 16.3. The summed E-state index contributed by atoms with van der Waals surface area (Å²) in [5.41, 5.74) is 12.4. The fourth-order valence-corrected chi connectivity index (χ4v) is 1.09. The standard InChI is InChI=1S/C9H11N3O/c10-4-3-9(12)7-5-6(13)1-2-8(7)11/h1-2,5,9,13H,3,11-12H2. The lowest BCUT2D eigenvalue weighted by atomic mass is 10.0. The molecule has 1 aromatic carbocycles. The smallest absolute Gasteiger partial charge is 0.116 e. The van der Waals surface area contributed by atoms with E-state index in [1.807, 2.05) is 6.07 Å². The molecular formula is C9H11N3O. The number of hydrogen-bond acceptors (Lipinski definition) is 4. The largest absolute Gasteiger partial charge is 0.508 e. The highest BCUT2D eigenvalue weighted by Crippen LogP contribution is 2.24. The fourth-order valence-electron chi connectivity index (χ4n) is 1.09. The Morgan fingerprint density at radius 2 is 2.23 bits per heavy atom. The van der Waals surface area contributed by atoms with Gasteiger partial charge in [0.1, 0.15) is 5.75 Å². The zero-order valence-electron chi connectivity index (χ0n) is 7.07. The van der Waals surface area contributed by atoms with Crippen molar-refractivity contribution in [2.24, 2.45) is 5.73 Å². The number of nitrogens with two attached hydrogens (primary N) is 2. The Kier molecular flexibility index (Phi) is 2.72. The number of nitrogens with zero attached hydrogens (tertiary/aromatic N) is 1. The first kappa shape index (κ1) is 9.36. The van der Waals surface area contributed by atoms with Gasteiger partial charge in [-0.2, -0.15) is 5.26 Å². The van der Waals surface area contributed by atoms with Crippen LogP contribution < -0.4 is 11.5 Å². The number of phenols is 1. The number of hydrogen-bond donors (Lipinski definition) is 3. The van der Waals surface area contributed by atoms with Crippen LogP contribution >= 0.6 is 0 Å². The van der Waals surface area contributed by atoms with Gasteiger partial charge in [0.15, 0.2) is 0 Å². The van der Waals surface area contributed by atoms with Crippen molar-refractivity contribution in [3.63, 3.8) is 0 Å². The highest BCUT2D eigenvalue weighted by Gasteiger charge is 2.09. The molecule has 0 amide bonds. The first-order valence-electron chi connectivity index (χ1n) is 3.86. The molecule has 0 saturated carbocycles. The van der Waals surface area contributed by atoms with E-state index < -0.39 is 6.04 Å². The minimum Gasteiger partial charge on any atom is -0.508 e. The molecule has 13 heavy (non-hydrogen) atoms. The van der Waals surface area contributed by atoms with Crippen molar-refractivity contribution < 1.29 is 5.11 Å². The van der Waals surface area contributed by atoms with Crippen LogP contribution in [0.1, 0.15) is 18.0 Å². The monoisotopic (exact) mass is 177 g/mol. The summed E-state index contributed by atoms with van der Waals surface area (Å²) in [4.78, 5) is 0. The second-order valence-electron chi connectivity index (χ2n) is 2.78. The normalized spacial score (nSPS) is 12.0. The zero-order chi connectivity index (χ0) is 9.84. The molecule has 0 aromatic heterocycles. The van der Waals surface area contributed by atoms with E-state index in [0.29, 0.717) is 11.3 Å². The Bertz CT molecular complexity index is 343. The van der Waals surface area contributed by atoms with Gasteiger partial charge in [-0.1, -0.05) is 0 Å². The van der Waals surface area contributed by atoms with Gasteiger partial charge < -0.3 is 16.6 Å². The molecule has 4 nitrogen and oxygen atoms in total. The minimum atomic E-state index is -0.433. The predicted octanol–water partition coefficient (Wildman–Crippen LogP) is 0.888. The van der Waals surface area contributed by atoms with Crippen LogP contribution in [-0.4, -0.2) is 5.11 Å². The summed E-state index contributed by atoms with van der Waals surface area (Å²) in [5, 5.41) is 17.6. The predicted molar refractivity (Wildman–Crippen MR) is 49.7 cm³/mol. The SMILES string of the molecule is N#CCC(N)c1cc(O)ccc1N. The molecule has 0 radical (unpaired) electrons. The Balaban J connectivity index is 3.00. The lowest BCUT2D eigenvalue weighted by Crippen LogP contribution is -2.11. The number of aromatic hydroxyl groups is 1. The molecule has 0 aliphatic heterocycles. The molecule has 1 atom stereocenters. The van der Waals surface area contributed by atoms with Crippen LogP contribution in [0.3, 0.4) is 0 Å². The average molecular weight is 177 g/mol. The molecule has 0 fully saturated rings. The topological polar surface area (TPSA) is 96.1 Å². The zero-order valence-corrected chi connectivity index (χ0v) is 7.07. The molecule has 0 aliphatic carbocycles. The Morgan fingerprint density at radius 3 is 2.85 bits per heavy atom. The number of rotatable bonds is 2. The van der Waals surface area contributed by atoms with Crippen molar-refractivity contribution in [2.75, 3.05) is 5.73 Å². The molecule has 1 aromatic rings. The van der Waals surface area contributed by atoms with Crippen LogP contribution in [0.25, 0.3) is 0 Å². The lowest BCUT2D eigenvalue weighted by Gasteiger charge is -2.10. The Labute approximate surface area is 76.4 Å². The molecule has 0 heterocycles. The third-order valence-electron chi connectivity index (χ3n) is 1.78. The van der Waals surface area contributed by atoms with Crippen molar-refractivity contribution in [1.82, 2.24) is 0 Å². The molecule has 0 spiro atoms. The van der Waals surface area contributed by atoms with E-state index in [0.717, 1.165) is 0 Å². The highest BCUT2D eigenvalue weighted by molar-refractivity contribution is 5.51. The molecule has 1 rings (SSSR count). The van der Waals surface area contributed by atoms with Crippen molar-refractivity contribution in [2.45, 2.75) is 12.5 Å². The van der Waals surface area contributed by atoms with Gasteiger partial charge in [-0.15, -0.1) is 0 Å². The van der Waals surface area contributed by atoms with E-state index in [9.17, 15) is 0 Å². The first-order chi connectivity index (χ1) is 6.15. The quantitative estimate of drug-likeness (QED) is 0.461. The third kappa shape index (κ3) is 2.10. The summed E-state index contributed by atoms with van der Waals surface area (Å²) in [5.74, 6) is 0.109. The van der Waals surface area contributed by atoms with E-state index >= 15 is 0 Å². The molecule has 5 N–H and O–H groups in total. The summed E-state index contributed by atoms with van der Waals surface area (Å²) < 4.78 is 0. The van der Waals surface area contributed by atoms with Crippen molar-refractivity contribution in [3.8, 4) is 11.8 Å². The van der Waals surface area contributed by atoms with Crippen molar-refractivity contribution in [3.05, 3.63) is 23.8 Å². The van der Waals surface area contributed by atoms with E-state index in [-0.39, 0.29) is 12.2 Å². The van der Waals surface area contributed by atoms with Crippen LogP contribution in [0.4, 0.5) is 5.69 Å². The maximum Gasteiger partial charge on any atom is 0.116 e. The summed E-state index contributed by atoms with van der Waals surface area (Å²) >= 11 is 0. The molecule has 68 valence electrons. The Hall–Kier alpha value is -1.73. The maximum atomic E-state index is 9.16. The minimum absolute atomic E-state index is 0.109. The molecular weight excluding hydrogens is 166 g/mol. The van der Waals surface area contributed by atoms with Gasteiger partial charge >= 0.3 is 0 Å². The second-order valence-corrected chi connectivity index (χ2v) is 2.78. The lowest BCUT2D eigenvalue weighted by molar-refractivity contribution is 0.474. The summed E-state index contributed by atoms with van der Waals surface area (Å²) in [6, 6.07) is 6.06. The number of anilines is 1. The number of nitriles is 1. The van der Waals surface area contributed by atoms with Crippen LogP contribution in [0.5, 0.6) is 5.75 Å². The molecule has 0 aliphatic rings. The summed E-state index contributed by atoms with van der Waals surface area (Å²) in [6.45, 7) is 0. The van der Waals surface area contributed by atoms with Gasteiger partial charge in [-0.05, 0) is 23.8 Å². The van der Waals surface area contributed by atoms with Crippen LogP contribution in [0.2, 0.25) is 0 Å². The molecule has 1 unspecified atom stereocenters. The van der Waals surface area contributed by atoms with Crippen LogP contribution in [0.15, 0.2) is 18.2 Å². The van der Waals surface area contributed by atoms with Gasteiger partial charge in [0.25, 0.3) is 0 Å². The molecule has 0 bridgehead atoms. The molecule has 4 heteroatoms. The second kappa shape index (κ2) is 3.78. The summed E-state index contributed by atoms with van der Waals surface area (Å²) in [7, 11) is 0. The van der Waals surface area contributed by atoms with E-state index in [4.69, 9.17) is 21.8 Å². The summed E-state index contributed by atoms with van der Waals surface area (Å²) in [6.07, 6.45) is 0.188. The fraction of sp³-hybridized carbons (Fsp3) is 0.222. The average Bonchev–Trinajstić information content (AvgIpc) is 2.09. The van der Waals surface area contributed by atoms with Crippen LogP contribution in [-0.2, 0) is 0 Å². The van der Waals surface area contributed by atoms with Gasteiger partial charge in [-0.25, -0.2) is 0 Å². The third-order valence-corrected chi connectivity index (χ3v) is 1.78. The van der Waals surface area contributed by atoms with Crippen LogP contribution in [0, 0.1) is 11.3 Å². The molecule has 0 saturated heterocycles.